The predicted octanol–water partition coefficient (Wildman–Crippen LogP) is 3.09. The minimum atomic E-state index is -0.255. The van der Waals surface area contributed by atoms with Crippen LogP contribution in [0.2, 0.25) is 0 Å². The number of nitrogens with zero attached hydrogens (tertiary/aromatic N) is 3. The Morgan fingerprint density at radius 2 is 2.21 bits per heavy atom. The van der Waals surface area contributed by atoms with Crippen molar-refractivity contribution in [3.05, 3.63) is 69.3 Å². The molecule has 0 saturated carbocycles. The number of hydrogen-bond donors (Lipinski definition) is 2. The van der Waals surface area contributed by atoms with Crippen LogP contribution in [0.4, 0.5) is 4.39 Å². The molecule has 1 saturated heterocycles. The third kappa shape index (κ3) is 3.19. The van der Waals surface area contributed by atoms with Gasteiger partial charge in [0, 0.05) is 35.2 Å². The molecule has 1 aliphatic heterocycles. The number of rotatable bonds is 3. The van der Waals surface area contributed by atoms with Crippen molar-refractivity contribution in [3.63, 3.8) is 0 Å². The maximum absolute atomic E-state index is 13.7. The molecule has 2 aliphatic rings. The first kappa shape index (κ1) is 18.2. The molecule has 1 atom stereocenters. The van der Waals surface area contributed by atoms with E-state index in [0.29, 0.717) is 5.82 Å². The van der Waals surface area contributed by atoms with Crippen molar-refractivity contribution in [2.24, 2.45) is 0 Å². The minimum absolute atomic E-state index is 0.0183. The van der Waals surface area contributed by atoms with E-state index in [4.69, 9.17) is 4.98 Å². The van der Waals surface area contributed by atoms with Gasteiger partial charge in [0.15, 0.2) is 0 Å². The minimum Gasteiger partial charge on any atom is -0.311 e. The van der Waals surface area contributed by atoms with Crippen LogP contribution in [0, 0.1) is 12.7 Å². The first-order valence-electron chi connectivity index (χ1n) is 10.1. The zero-order valence-corrected chi connectivity index (χ0v) is 16.5. The Bertz CT molecular complexity index is 1120. The van der Waals surface area contributed by atoms with Gasteiger partial charge in [0.05, 0.1) is 17.6 Å². The number of piperidine rings is 1. The van der Waals surface area contributed by atoms with Crippen LogP contribution >= 0.6 is 0 Å². The topological polar surface area (TPSA) is 77.7 Å². The maximum Gasteiger partial charge on any atom is 0.254 e. The molecular formula is C22H24FN5O. The molecular weight excluding hydrogens is 369 g/mol. The second-order valence-corrected chi connectivity index (χ2v) is 8.35. The van der Waals surface area contributed by atoms with E-state index < -0.39 is 0 Å². The van der Waals surface area contributed by atoms with E-state index in [1.165, 1.54) is 12.1 Å². The van der Waals surface area contributed by atoms with Crippen LogP contribution in [-0.4, -0.2) is 38.2 Å². The van der Waals surface area contributed by atoms with Crippen molar-refractivity contribution in [2.75, 3.05) is 13.1 Å². The highest BCUT2D eigenvalue weighted by Gasteiger charge is 2.44. The molecule has 5 rings (SSSR count). The van der Waals surface area contributed by atoms with Crippen molar-refractivity contribution in [1.82, 2.24) is 25.1 Å². The molecule has 150 valence electrons. The van der Waals surface area contributed by atoms with Crippen LogP contribution < -0.4 is 5.56 Å². The van der Waals surface area contributed by atoms with Crippen molar-refractivity contribution in [3.8, 4) is 11.3 Å². The van der Waals surface area contributed by atoms with Gasteiger partial charge in [0.25, 0.3) is 5.56 Å². The molecule has 2 aromatic heterocycles. The lowest BCUT2D eigenvalue weighted by molar-refractivity contribution is 0.137. The van der Waals surface area contributed by atoms with E-state index in [0.717, 1.165) is 73.4 Å². The third-order valence-corrected chi connectivity index (χ3v) is 6.37. The molecule has 3 heterocycles. The lowest BCUT2D eigenvalue weighted by Crippen LogP contribution is -2.45. The lowest BCUT2D eigenvalue weighted by atomic mass is 9.77. The third-order valence-electron chi connectivity index (χ3n) is 6.37. The number of aromatic amines is 2. The number of likely N-dealkylation sites (tertiary alicyclic amines) is 1. The van der Waals surface area contributed by atoms with Crippen molar-refractivity contribution >= 4 is 0 Å². The SMILES string of the molecule is Cc1nc2c(c(=O)[nH]1)CCC21CCCN(Cc2cn[nH]c2-c2cccc(F)c2)C1. The van der Waals surface area contributed by atoms with Crippen LogP contribution in [0.1, 0.15) is 41.9 Å². The van der Waals surface area contributed by atoms with E-state index >= 15 is 0 Å². The average Bonchev–Trinajstić information content (AvgIpc) is 3.28. The van der Waals surface area contributed by atoms with Gasteiger partial charge in [-0.25, -0.2) is 9.37 Å². The van der Waals surface area contributed by atoms with Gasteiger partial charge in [0.1, 0.15) is 11.6 Å². The predicted molar refractivity (Wildman–Crippen MR) is 108 cm³/mol. The van der Waals surface area contributed by atoms with Gasteiger partial charge in [-0.1, -0.05) is 12.1 Å². The van der Waals surface area contributed by atoms with E-state index in [1.54, 1.807) is 6.07 Å². The largest absolute Gasteiger partial charge is 0.311 e. The number of hydrogen-bond acceptors (Lipinski definition) is 4. The smallest absolute Gasteiger partial charge is 0.254 e. The number of benzene rings is 1. The van der Waals surface area contributed by atoms with E-state index in [-0.39, 0.29) is 16.8 Å². The van der Waals surface area contributed by atoms with Gasteiger partial charge in [-0.2, -0.15) is 5.10 Å². The van der Waals surface area contributed by atoms with E-state index in [1.807, 2.05) is 19.2 Å². The highest BCUT2D eigenvalue weighted by atomic mass is 19.1. The van der Waals surface area contributed by atoms with Gasteiger partial charge in [-0.3, -0.25) is 14.8 Å². The molecule has 29 heavy (non-hydrogen) atoms. The Hall–Kier alpha value is -2.80. The Kier molecular flexibility index (Phi) is 4.35. The summed E-state index contributed by atoms with van der Waals surface area (Å²) in [6.45, 7) is 4.46. The summed E-state index contributed by atoms with van der Waals surface area (Å²) in [6, 6.07) is 6.58. The first-order valence-corrected chi connectivity index (χ1v) is 10.1. The quantitative estimate of drug-likeness (QED) is 0.717. The summed E-state index contributed by atoms with van der Waals surface area (Å²) in [4.78, 5) is 22.4. The fourth-order valence-electron chi connectivity index (χ4n) is 5.09. The maximum atomic E-state index is 13.7. The number of nitrogens with one attached hydrogen (secondary N) is 2. The van der Waals surface area contributed by atoms with Gasteiger partial charge in [-0.05, 0) is 51.3 Å². The highest BCUT2D eigenvalue weighted by Crippen LogP contribution is 2.43. The molecule has 0 radical (unpaired) electrons. The van der Waals surface area contributed by atoms with Crippen LogP contribution in [0.25, 0.3) is 11.3 Å². The second-order valence-electron chi connectivity index (χ2n) is 8.35. The van der Waals surface area contributed by atoms with Crippen LogP contribution in [0.5, 0.6) is 0 Å². The van der Waals surface area contributed by atoms with Gasteiger partial charge in [-0.15, -0.1) is 0 Å². The number of halogens is 1. The summed E-state index contributed by atoms with van der Waals surface area (Å²) >= 11 is 0. The summed E-state index contributed by atoms with van der Waals surface area (Å²) in [5.74, 6) is 0.435. The lowest BCUT2D eigenvalue weighted by Gasteiger charge is -2.40. The van der Waals surface area contributed by atoms with Gasteiger partial charge < -0.3 is 4.98 Å². The summed E-state index contributed by atoms with van der Waals surface area (Å²) in [5, 5.41) is 7.24. The Balaban J connectivity index is 1.42. The molecule has 0 bridgehead atoms. The van der Waals surface area contributed by atoms with Crippen molar-refractivity contribution in [2.45, 2.75) is 44.6 Å². The highest BCUT2D eigenvalue weighted by molar-refractivity contribution is 5.62. The molecule has 1 aliphatic carbocycles. The Labute approximate surface area is 168 Å². The van der Waals surface area contributed by atoms with E-state index in [2.05, 4.69) is 20.1 Å². The zero-order chi connectivity index (χ0) is 20.0. The molecule has 1 fully saturated rings. The molecule has 3 aromatic rings. The normalized spacial score (nSPS) is 21.6. The molecule has 0 amide bonds. The summed E-state index contributed by atoms with van der Waals surface area (Å²) in [7, 11) is 0. The van der Waals surface area contributed by atoms with E-state index in [9.17, 15) is 9.18 Å². The monoisotopic (exact) mass is 393 g/mol. The first-order chi connectivity index (χ1) is 14.0. The van der Waals surface area contributed by atoms with Crippen LogP contribution in [-0.2, 0) is 18.4 Å². The van der Waals surface area contributed by atoms with Gasteiger partial charge >= 0.3 is 0 Å². The Morgan fingerprint density at radius 3 is 3.07 bits per heavy atom. The summed E-state index contributed by atoms with van der Waals surface area (Å²) in [5.41, 5.74) is 4.56. The summed E-state index contributed by atoms with van der Waals surface area (Å²) < 4.78 is 13.7. The summed E-state index contributed by atoms with van der Waals surface area (Å²) in [6.07, 6.45) is 5.73. The molecule has 1 unspecified atom stereocenters. The fraction of sp³-hybridized carbons (Fsp3) is 0.409. The number of fused-ring (bicyclic) bond motifs is 2. The van der Waals surface area contributed by atoms with Crippen LogP contribution in [0.15, 0.2) is 35.3 Å². The van der Waals surface area contributed by atoms with Crippen molar-refractivity contribution in [1.29, 1.82) is 0 Å². The standard InChI is InChI=1S/C22H24FN5O/c1-14-25-20-18(21(29)26-14)6-8-22(20)7-3-9-28(13-22)12-16-11-24-27-19(16)15-4-2-5-17(23)10-15/h2,4-5,10-11H,3,6-9,12-13H2,1H3,(H,24,27)(H,25,26,29). The molecule has 2 N–H and O–H groups in total. The van der Waals surface area contributed by atoms with Gasteiger partial charge in [0.2, 0.25) is 0 Å². The number of aromatic nitrogens is 4. The molecule has 7 heteroatoms. The second kappa shape index (κ2) is 6.91. The molecule has 1 aromatic carbocycles. The number of H-pyrrole nitrogens is 2. The van der Waals surface area contributed by atoms with Crippen LogP contribution in [0.3, 0.4) is 0 Å². The van der Waals surface area contributed by atoms with Crippen molar-refractivity contribution < 1.29 is 4.39 Å². The average molecular weight is 393 g/mol. The fourth-order valence-corrected chi connectivity index (χ4v) is 5.09. The number of aryl methyl sites for hydroxylation is 1. The zero-order valence-electron chi connectivity index (χ0n) is 16.5. The molecule has 1 spiro atoms. The molecule has 6 nitrogen and oxygen atoms in total. The Morgan fingerprint density at radius 1 is 1.31 bits per heavy atom.